The molecular formula is C15H20BrN. The molecule has 0 saturated heterocycles. The minimum atomic E-state index is 0.823. The number of anilines is 1. The van der Waals surface area contributed by atoms with Crippen LogP contribution in [0.15, 0.2) is 40.9 Å². The molecule has 1 atom stereocenters. The van der Waals surface area contributed by atoms with Gasteiger partial charge in [-0.15, -0.1) is 0 Å². The van der Waals surface area contributed by atoms with E-state index in [2.05, 4.69) is 57.7 Å². The van der Waals surface area contributed by atoms with Crippen molar-refractivity contribution in [3.05, 3.63) is 40.9 Å². The van der Waals surface area contributed by atoms with Gasteiger partial charge in [-0.25, -0.2) is 0 Å². The van der Waals surface area contributed by atoms with Gasteiger partial charge in [-0.3, -0.25) is 0 Å². The van der Waals surface area contributed by atoms with E-state index in [4.69, 9.17) is 0 Å². The van der Waals surface area contributed by atoms with Gasteiger partial charge in [0.25, 0.3) is 0 Å². The molecule has 0 amide bonds. The Bertz CT molecular complexity index is 356. The van der Waals surface area contributed by atoms with Crippen LogP contribution in [0.4, 0.5) is 5.69 Å². The average Bonchev–Trinajstić information content (AvgIpc) is 2.30. The summed E-state index contributed by atoms with van der Waals surface area (Å²) < 4.78 is 1.14. The van der Waals surface area contributed by atoms with Gasteiger partial charge in [0.1, 0.15) is 0 Å². The Morgan fingerprint density at radius 2 is 1.82 bits per heavy atom. The van der Waals surface area contributed by atoms with Gasteiger partial charge in [0.2, 0.25) is 0 Å². The second kappa shape index (κ2) is 6.85. The molecule has 92 valence electrons. The predicted octanol–water partition coefficient (Wildman–Crippen LogP) is 5.00. The topological polar surface area (TPSA) is 12.0 Å². The van der Waals surface area contributed by atoms with Crippen LogP contribution in [0.25, 0.3) is 0 Å². The molecule has 1 aromatic rings. The summed E-state index contributed by atoms with van der Waals surface area (Å²) in [6.07, 6.45) is 11.2. The van der Waals surface area contributed by atoms with E-state index in [1.807, 2.05) is 0 Å². The van der Waals surface area contributed by atoms with Crippen molar-refractivity contribution < 1.29 is 0 Å². The number of rotatable bonds is 3. The molecule has 1 aliphatic carbocycles. The molecule has 1 aromatic carbocycles. The van der Waals surface area contributed by atoms with E-state index < -0.39 is 0 Å². The second-order valence-electron chi connectivity index (χ2n) is 4.73. The van der Waals surface area contributed by atoms with E-state index >= 15 is 0 Å². The molecule has 1 nitrogen and oxygen atoms in total. The lowest BCUT2D eigenvalue weighted by atomic mass is 9.94. The van der Waals surface area contributed by atoms with E-state index in [1.165, 1.54) is 37.8 Å². The number of allylic oxidation sites excluding steroid dienone is 2. The van der Waals surface area contributed by atoms with Crippen molar-refractivity contribution in [1.82, 2.24) is 0 Å². The molecule has 2 rings (SSSR count). The summed E-state index contributed by atoms with van der Waals surface area (Å²) in [4.78, 5) is 0. The summed E-state index contributed by atoms with van der Waals surface area (Å²) in [5.74, 6) is 0.823. The zero-order valence-corrected chi connectivity index (χ0v) is 11.7. The molecule has 0 heterocycles. The van der Waals surface area contributed by atoms with Crippen LogP contribution in [0.3, 0.4) is 0 Å². The molecule has 1 aliphatic rings. The first-order valence-electron chi connectivity index (χ1n) is 6.49. The average molecular weight is 294 g/mol. The third-order valence-electron chi connectivity index (χ3n) is 3.33. The van der Waals surface area contributed by atoms with E-state index in [9.17, 15) is 0 Å². The highest BCUT2D eigenvalue weighted by Gasteiger charge is 2.08. The first-order chi connectivity index (χ1) is 8.34. The van der Waals surface area contributed by atoms with Crippen molar-refractivity contribution in [3.63, 3.8) is 0 Å². The highest BCUT2D eigenvalue weighted by molar-refractivity contribution is 9.10. The van der Waals surface area contributed by atoms with Gasteiger partial charge in [-0.1, -0.05) is 28.1 Å². The van der Waals surface area contributed by atoms with Gasteiger partial charge in [0.15, 0.2) is 0 Å². The molecular weight excluding hydrogens is 274 g/mol. The minimum Gasteiger partial charge on any atom is -0.385 e. The van der Waals surface area contributed by atoms with E-state index in [1.54, 1.807) is 0 Å². The van der Waals surface area contributed by atoms with Crippen LogP contribution >= 0.6 is 15.9 Å². The van der Waals surface area contributed by atoms with Crippen molar-refractivity contribution in [2.75, 3.05) is 11.9 Å². The van der Waals surface area contributed by atoms with Gasteiger partial charge in [0, 0.05) is 16.7 Å². The molecule has 0 radical (unpaired) electrons. The summed E-state index contributed by atoms with van der Waals surface area (Å²) in [6, 6.07) is 8.44. The molecule has 17 heavy (non-hydrogen) atoms. The smallest absolute Gasteiger partial charge is 0.0341 e. The Labute approximate surface area is 112 Å². The Hall–Kier alpha value is -0.760. The van der Waals surface area contributed by atoms with Crippen LogP contribution in [0.5, 0.6) is 0 Å². The predicted molar refractivity (Wildman–Crippen MR) is 78.3 cm³/mol. The van der Waals surface area contributed by atoms with Gasteiger partial charge in [-0.2, -0.15) is 0 Å². The van der Waals surface area contributed by atoms with Crippen LogP contribution in [-0.4, -0.2) is 6.54 Å². The number of hydrogen-bond donors (Lipinski definition) is 1. The highest BCUT2D eigenvalue weighted by Crippen LogP contribution is 2.20. The zero-order chi connectivity index (χ0) is 11.9. The minimum absolute atomic E-state index is 0.823. The zero-order valence-electron chi connectivity index (χ0n) is 10.2. The number of nitrogens with one attached hydrogen (secondary N) is 1. The largest absolute Gasteiger partial charge is 0.385 e. The molecule has 0 aromatic heterocycles. The highest BCUT2D eigenvalue weighted by atomic mass is 79.9. The van der Waals surface area contributed by atoms with Crippen LogP contribution in [-0.2, 0) is 0 Å². The fourth-order valence-corrected chi connectivity index (χ4v) is 2.53. The first kappa shape index (κ1) is 12.7. The van der Waals surface area contributed by atoms with E-state index in [0.717, 1.165) is 16.9 Å². The van der Waals surface area contributed by atoms with Gasteiger partial charge in [0.05, 0.1) is 0 Å². The fraction of sp³-hybridized carbons (Fsp3) is 0.467. The lowest BCUT2D eigenvalue weighted by Crippen LogP contribution is -2.14. The number of hydrogen-bond acceptors (Lipinski definition) is 1. The van der Waals surface area contributed by atoms with Crippen molar-refractivity contribution in [1.29, 1.82) is 0 Å². The third-order valence-corrected chi connectivity index (χ3v) is 3.86. The lowest BCUT2D eigenvalue weighted by molar-refractivity contribution is 0.456. The van der Waals surface area contributed by atoms with Crippen LogP contribution in [0.1, 0.15) is 32.1 Å². The SMILES string of the molecule is Brc1ccc(NCC2CCC=CCCC2)cc1. The molecule has 0 bridgehead atoms. The molecule has 1 unspecified atom stereocenters. The summed E-state index contributed by atoms with van der Waals surface area (Å²) >= 11 is 3.46. The molecule has 0 saturated carbocycles. The molecule has 0 spiro atoms. The van der Waals surface area contributed by atoms with Crippen molar-refractivity contribution in [2.24, 2.45) is 5.92 Å². The quantitative estimate of drug-likeness (QED) is 0.774. The Balaban J connectivity index is 1.80. The van der Waals surface area contributed by atoms with Gasteiger partial charge >= 0.3 is 0 Å². The Kier molecular flexibility index (Phi) is 5.11. The van der Waals surface area contributed by atoms with Crippen LogP contribution in [0.2, 0.25) is 0 Å². The standard InChI is InChI=1S/C15H20BrN/c16-14-8-10-15(11-9-14)17-12-13-6-4-2-1-3-5-7-13/h1-2,8-11,13,17H,3-7,12H2. The number of halogens is 1. The van der Waals surface area contributed by atoms with E-state index in [-0.39, 0.29) is 0 Å². The molecule has 0 aliphatic heterocycles. The molecule has 0 fully saturated rings. The summed E-state index contributed by atoms with van der Waals surface area (Å²) in [5.41, 5.74) is 1.23. The van der Waals surface area contributed by atoms with E-state index in [0.29, 0.717) is 0 Å². The number of benzene rings is 1. The third kappa shape index (κ3) is 4.55. The van der Waals surface area contributed by atoms with Crippen molar-refractivity contribution in [2.45, 2.75) is 32.1 Å². The maximum atomic E-state index is 3.54. The normalized spacial score (nSPS) is 20.6. The first-order valence-corrected chi connectivity index (χ1v) is 7.28. The summed E-state index contributed by atoms with van der Waals surface area (Å²) in [7, 11) is 0. The Morgan fingerprint density at radius 3 is 2.65 bits per heavy atom. The second-order valence-corrected chi connectivity index (χ2v) is 5.65. The lowest BCUT2D eigenvalue weighted by Gasteiger charge is -2.18. The fourth-order valence-electron chi connectivity index (χ4n) is 2.27. The maximum absolute atomic E-state index is 3.54. The van der Waals surface area contributed by atoms with Gasteiger partial charge in [-0.05, 0) is 62.3 Å². The van der Waals surface area contributed by atoms with Gasteiger partial charge < -0.3 is 5.32 Å². The van der Waals surface area contributed by atoms with Crippen molar-refractivity contribution >= 4 is 21.6 Å². The summed E-state index contributed by atoms with van der Waals surface area (Å²) in [6.45, 7) is 1.11. The van der Waals surface area contributed by atoms with Crippen LogP contribution < -0.4 is 5.32 Å². The maximum Gasteiger partial charge on any atom is 0.0341 e. The molecule has 1 N–H and O–H groups in total. The Morgan fingerprint density at radius 1 is 1.06 bits per heavy atom. The monoisotopic (exact) mass is 293 g/mol. The van der Waals surface area contributed by atoms with Crippen molar-refractivity contribution in [3.8, 4) is 0 Å². The summed E-state index contributed by atoms with van der Waals surface area (Å²) in [5, 5.41) is 3.54. The van der Waals surface area contributed by atoms with Crippen LogP contribution in [0, 0.1) is 5.92 Å². The molecule has 2 heteroatoms.